The first-order valence-corrected chi connectivity index (χ1v) is 13.6. The van der Waals surface area contributed by atoms with Gasteiger partial charge in [0.25, 0.3) is 0 Å². The van der Waals surface area contributed by atoms with Gasteiger partial charge in [-0.2, -0.15) is 4.31 Å². The lowest BCUT2D eigenvalue weighted by atomic mass is 9.94. The van der Waals surface area contributed by atoms with E-state index in [-0.39, 0.29) is 22.7 Å². The van der Waals surface area contributed by atoms with Crippen LogP contribution < -0.4 is 5.32 Å². The Bertz CT molecular complexity index is 1040. The fourth-order valence-corrected chi connectivity index (χ4v) is 6.75. The minimum absolute atomic E-state index is 0.104. The van der Waals surface area contributed by atoms with Crippen LogP contribution in [0.15, 0.2) is 34.3 Å². The van der Waals surface area contributed by atoms with E-state index < -0.39 is 10.0 Å². The number of aromatic nitrogens is 4. The van der Waals surface area contributed by atoms with Crippen LogP contribution in [0.4, 0.5) is 5.69 Å². The molecule has 33 heavy (non-hydrogen) atoms. The Kier molecular flexibility index (Phi) is 7.67. The summed E-state index contributed by atoms with van der Waals surface area (Å²) in [4.78, 5) is 12.6. The molecule has 2 saturated heterocycles. The van der Waals surface area contributed by atoms with Gasteiger partial charge < -0.3 is 10.1 Å². The molecule has 2 aliphatic heterocycles. The lowest BCUT2D eigenvalue weighted by Gasteiger charge is -2.34. The van der Waals surface area contributed by atoms with Crippen molar-refractivity contribution in [2.75, 3.05) is 30.8 Å². The molecule has 2 aromatic rings. The van der Waals surface area contributed by atoms with Crippen LogP contribution in [0, 0.1) is 11.8 Å². The summed E-state index contributed by atoms with van der Waals surface area (Å²) in [6, 6.07) is 6.33. The zero-order chi connectivity index (χ0) is 23.4. The number of tetrazole rings is 1. The number of carbonyl (C=O) groups is 1. The van der Waals surface area contributed by atoms with Crippen molar-refractivity contribution in [2.45, 2.75) is 55.8 Å². The van der Waals surface area contributed by atoms with Gasteiger partial charge in [0.1, 0.15) is 0 Å². The van der Waals surface area contributed by atoms with Crippen molar-refractivity contribution in [1.82, 2.24) is 24.5 Å². The van der Waals surface area contributed by atoms with Crippen LogP contribution in [-0.2, 0) is 26.1 Å². The molecule has 0 aliphatic carbocycles. The van der Waals surface area contributed by atoms with Crippen molar-refractivity contribution in [3.63, 3.8) is 0 Å². The molecule has 12 heteroatoms. The van der Waals surface area contributed by atoms with Crippen LogP contribution in [0.25, 0.3) is 0 Å². The Balaban J connectivity index is 1.31. The highest BCUT2D eigenvalue weighted by Crippen LogP contribution is 2.27. The van der Waals surface area contributed by atoms with Crippen molar-refractivity contribution >= 4 is 33.4 Å². The number of amides is 1. The van der Waals surface area contributed by atoms with Gasteiger partial charge in [0.05, 0.1) is 23.3 Å². The zero-order valence-electron chi connectivity index (χ0n) is 18.9. The minimum atomic E-state index is -3.55. The largest absolute Gasteiger partial charge is 0.376 e. The molecule has 10 nitrogen and oxygen atoms in total. The zero-order valence-corrected chi connectivity index (χ0v) is 20.5. The van der Waals surface area contributed by atoms with E-state index in [2.05, 4.69) is 34.7 Å². The van der Waals surface area contributed by atoms with Gasteiger partial charge in [-0.15, -0.1) is 5.10 Å². The number of piperidine rings is 1. The standard InChI is InChI=1S/C21H30N6O4S2/c1-15-10-16(2)12-26(11-15)33(29,30)19-7-5-17(6-8-19)22-20(28)14-32-21-23-24-25-27(21)13-18-4-3-9-31-18/h5-8,15-16,18H,3-4,9-14H2,1-2H3,(H,22,28). The number of ether oxygens (including phenoxy) is 1. The number of hydrogen-bond donors (Lipinski definition) is 1. The number of anilines is 1. The van der Waals surface area contributed by atoms with Crippen LogP contribution in [-0.4, -0.2) is 70.4 Å². The second-order valence-corrected chi connectivity index (χ2v) is 11.8. The van der Waals surface area contributed by atoms with Gasteiger partial charge in [-0.3, -0.25) is 4.79 Å². The van der Waals surface area contributed by atoms with E-state index in [9.17, 15) is 13.2 Å². The van der Waals surface area contributed by atoms with Crippen LogP contribution in [0.1, 0.15) is 33.1 Å². The van der Waals surface area contributed by atoms with Gasteiger partial charge in [-0.05, 0) is 65.8 Å². The van der Waals surface area contributed by atoms with Crippen molar-refractivity contribution in [3.05, 3.63) is 24.3 Å². The maximum absolute atomic E-state index is 13.0. The summed E-state index contributed by atoms with van der Waals surface area (Å²) in [6.45, 7) is 6.56. The third kappa shape index (κ3) is 6.11. The molecule has 180 valence electrons. The first-order valence-electron chi connectivity index (χ1n) is 11.2. The first kappa shape index (κ1) is 24.1. The molecule has 1 N–H and O–H groups in total. The highest BCUT2D eigenvalue weighted by molar-refractivity contribution is 7.99. The maximum atomic E-state index is 13.0. The third-order valence-electron chi connectivity index (χ3n) is 5.84. The number of nitrogens with zero attached hydrogens (tertiary/aromatic N) is 5. The van der Waals surface area contributed by atoms with Crippen LogP contribution in [0.5, 0.6) is 0 Å². The second kappa shape index (κ2) is 10.5. The first-order chi connectivity index (χ1) is 15.8. The predicted octanol–water partition coefficient (Wildman–Crippen LogP) is 2.25. The van der Waals surface area contributed by atoms with E-state index >= 15 is 0 Å². The number of carbonyl (C=O) groups excluding carboxylic acids is 1. The average molecular weight is 495 g/mol. The Morgan fingerprint density at radius 2 is 1.94 bits per heavy atom. The predicted molar refractivity (Wildman–Crippen MR) is 124 cm³/mol. The minimum Gasteiger partial charge on any atom is -0.376 e. The molecular formula is C21H30N6O4S2. The Morgan fingerprint density at radius 1 is 1.21 bits per heavy atom. The Labute approximate surface area is 198 Å². The highest BCUT2D eigenvalue weighted by Gasteiger charge is 2.31. The maximum Gasteiger partial charge on any atom is 0.243 e. The molecule has 0 saturated carbocycles. The van der Waals surface area contributed by atoms with E-state index in [1.54, 1.807) is 33.3 Å². The fraction of sp³-hybridized carbons (Fsp3) is 0.619. The van der Waals surface area contributed by atoms with Crippen molar-refractivity contribution < 1.29 is 17.9 Å². The molecule has 1 aromatic heterocycles. The molecule has 2 aliphatic rings. The van der Waals surface area contributed by atoms with Crippen molar-refractivity contribution in [3.8, 4) is 0 Å². The van der Waals surface area contributed by atoms with Crippen molar-refractivity contribution in [2.24, 2.45) is 11.8 Å². The molecule has 3 heterocycles. The summed E-state index contributed by atoms with van der Waals surface area (Å²) < 4.78 is 34.9. The quantitative estimate of drug-likeness (QED) is 0.555. The van der Waals surface area contributed by atoms with Crippen molar-refractivity contribution in [1.29, 1.82) is 0 Å². The molecule has 0 radical (unpaired) electrons. The van der Waals surface area contributed by atoms with E-state index in [0.717, 1.165) is 25.9 Å². The topological polar surface area (TPSA) is 119 Å². The summed E-state index contributed by atoms with van der Waals surface area (Å²) in [6.07, 6.45) is 3.16. The van der Waals surface area contributed by atoms with E-state index in [4.69, 9.17) is 4.74 Å². The SMILES string of the molecule is CC1CC(C)CN(S(=O)(=O)c2ccc(NC(=O)CSc3nnnn3CC3CCCO3)cc2)C1. The highest BCUT2D eigenvalue weighted by atomic mass is 32.2. The Morgan fingerprint density at radius 3 is 2.61 bits per heavy atom. The number of rotatable bonds is 8. The Hall–Kier alpha value is -2.02. The summed E-state index contributed by atoms with van der Waals surface area (Å²) >= 11 is 1.25. The van der Waals surface area contributed by atoms with Gasteiger partial charge in [-0.25, -0.2) is 13.1 Å². The molecule has 3 atom stereocenters. The molecular weight excluding hydrogens is 464 g/mol. The molecule has 1 amide bonds. The average Bonchev–Trinajstić information content (AvgIpc) is 3.44. The second-order valence-electron chi connectivity index (χ2n) is 8.91. The number of hydrogen-bond acceptors (Lipinski definition) is 8. The van der Waals surface area contributed by atoms with E-state index in [0.29, 0.717) is 42.3 Å². The van der Waals surface area contributed by atoms with Crippen LogP contribution in [0.3, 0.4) is 0 Å². The smallest absolute Gasteiger partial charge is 0.243 e. The fourth-order valence-electron chi connectivity index (χ4n) is 4.38. The molecule has 2 fully saturated rings. The number of benzene rings is 1. The normalized spacial score (nSPS) is 24.1. The number of nitrogens with one attached hydrogen (secondary N) is 1. The summed E-state index contributed by atoms with van der Waals surface area (Å²) in [5.74, 6) is 0.591. The molecule has 0 spiro atoms. The van der Waals surface area contributed by atoms with Gasteiger partial charge in [0.2, 0.25) is 21.1 Å². The number of thioether (sulfide) groups is 1. The molecule has 3 unspecified atom stereocenters. The molecule has 0 bridgehead atoms. The third-order valence-corrected chi connectivity index (χ3v) is 8.65. The summed E-state index contributed by atoms with van der Waals surface area (Å²) in [5, 5.41) is 15.0. The molecule has 4 rings (SSSR count). The van der Waals surface area contributed by atoms with E-state index in [1.165, 1.54) is 11.8 Å². The van der Waals surface area contributed by atoms with Gasteiger partial charge in [0, 0.05) is 25.4 Å². The molecule has 1 aromatic carbocycles. The van der Waals surface area contributed by atoms with Gasteiger partial charge in [0.15, 0.2) is 0 Å². The van der Waals surface area contributed by atoms with E-state index in [1.807, 2.05) is 0 Å². The van der Waals surface area contributed by atoms with Gasteiger partial charge >= 0.3 is 0 Å². The summed E-state index contributed by atoms with van der Waals surface area (Å²) in [5.41, 5.74) is 0.541. The van der Waals surface area contributed by atoms with Gasteiger partial charge in [-0.1, -0.05) is 25.6 Å². The lowest BCUT2D eigenvalue weighted by molar-refractivity contribution is -0.113. The monoisotopic (exact) mass is 494 g/mol. The lowest BCUT2D eigenvalue weighted by Crippen LogP contribution is -2.42. The van der Waals surface area contributed by atoms with Crippen LogP contribution in [0.2, 0.25) is 0 Å². The van der Waals surface area contributed by atoms with Crippen LogP contribution >= 0.6 is 11.8 Å². The number of sulfonamides is 1. The summed E-state index contributed by atoms with van der Waals surface area (Å²) in [7, 11) is -3.55.